The Kier molecular flexibility index (Phi) is 5.23. The molecule has 0 aliphatic carbocycles. The van der Waals surface area contributed by atoms with Crippen molar-refractivity contribution in [1.82, 2.24) is 9.29 Å². The highest BCUT2D eigenvalue weighted by Crippen LogP contribution is 2.34. The molecule has 2 aromatic carbocycles. The molecule has 0 saturated carbocycles. The lowest BCUT2D eigenvalue weighted by atomic mass is 10.2. The van der Waals surface area contributed by atoms with E-state index in [2.05, 4.69) is 0 Å². The summed E-state index contributed by atoms with van der Waals surface area (Å²) in [6.07, 6.45) is 0.633. The van der Waals surface area contributed by atoms with Gasteiger partial charge in [-0.3, -0.25) is 0 Å². The molecule has 1 aliphatic rings. The standard InChI is InChI=1S/C21H22N2O3S2/c1-3-26-17-9-7-16(8-10-17)21-22-19-11-12-23(14-20(19)27-21)28(24,25)18-6-4-5-15(2)13-18/h4-10,13H,3,11-12,14H2,1-2H3. The van der Waals surface area contributed by atoms with Crippen LogP contribution in [0.2, 0.25) is 0 Å². The fourth-order valence-corrected chi connectivity index (χ4v) is 6.01. The van der Waals surface area contributed by atoms with Gasteiger partial charge in [0.1, 0.15) is 10.8 Å². The van der Waals surface area contributed by atoms with Crippen LogP contribution >= 0.6 is 11.3 Å². The zero-order valence-electron chi connectivity index (χ0n) is 15.9. The van der Waals surface area contributed by atoms with E-state index in [0.717, 1.165) is 32.5 Å². The van der Waals surface area contributed by atoms with Crippen LogP contribution in [0, 0.1) is 6.92 Å². The number of hydrogen-bond donors (Lipinski definition) is 0. The van der Waals surface area contributed by atoms with Crippen LogP contribution in [0.5, 0.6) is 5.75 Å². The minimum atomic E-state index is -3.50. The third-order valence-electron chi connectivity index (χ3n) is 4.74. The number of thiazole rings is 1. The Hall–Kier alpha value is -2.22. The second-order valence-corrected chi connectivity index (χ2v) is 9.77. The van der Waals surface area contributed by atoms with Gasteiger partial charge in [0.2, 0.25) is 10.0 Å². The molecule has 28 heavy (non-hydrogen) atoms. The van der Waals surface area contributed by atoms with Crippen LogP contribution in [0.3, 0.4) is 0 Å². The number of hydrogen-bond acceptors (Lipinski definition) is 5. The van der Waals surface area contributed by atoms with Gasteiger partial charge < -0.3 is 4.74 Å². The Morgan fingerprint density at radius 1 is 1.18 bits per heavy atom. The Morgan fingerprint density at radius 3 is 2.68 bits per heavy atom. The van der Waals surface area contributed by atoms with Crippen LogP contribution < -0.4 is 4.74 Å². The zero-order valence-corrected chi connectivity index (χ0v) is 17.5. The summed E-state index contributed by atoms with van der Waals surface area (Å²) in [5, 5.41) is 0.919. The van der Waals surface area contributed by atoms with Crippen molar-refractivity contribution in [3.63, 3.8) is 0 Å². The molecule has 4 rings (SSSR count). The lowest BCUT2D eigenvalue weighted by Crippen LogP contribution is -2.35. The fraction of sp³-hybridized carbons (Fsp3) is 0.286. The molecular formula is C21H22N2O3S2. The first-order valence-electron chi connectivity index (χ1n) is 9.26. The molecule has 3 aromatic rings. The van der Waals surface area contributed by atoms with E-state index in [1.807, 2.05) is 44.2 Å². The average molecular weight is 415 g/mol. The van der Waals surface area contributed by atoms with E-state index in [-0.39, 0.29) is 0 Å². The Balaban J connectivity index is 1.58. The molecule has 0 fully saturated rings. The lowest BCUT2D eigenvalue weighted by molar-refractivity contribution is 0.340. The van der Waals surface area contributed by atoms with Gasteiger partial charge in [0, 0.05) is 23.4 Å². The van der Waals surface area contributed by atoms with E-state index >= 15 is 0 Å². The summed E-state index contributed by atoms with van der Waals surface area (Å²) < 4.78 is 33.1. The van der Waals surface area contributed by atoms with Gasteiger partial charge in [0.15, 0.2) is 0 Å². The van der Waals surface area contributed by atoms with Gasteiger partial charge in [-0.25, -0.2) is 13.4 Å². The van der Waals surface area contributed by atoms with Gasteiger partial charge in [-0.05, 0) is 55.8 Å². The number of ether oxygens (including phenoxy) is 1. The van der Waals surface area contributed by atoms with E-state index in [0.29, 0.717) is 31.0 Å². The van der Waals surface area contributed by atoms with E-state index in [9.17, 15) is 8.42 Å². The quantitative estimate of drug-likeness (QED) is 0.626. The summed E-state index contributed by atoms with van der Waals surface area (Å²) in [6.45, 7) is 5.32. The summed E-state index contributed by atoms with van der Waals surface area (Å²) in [4.78, 5) is 6.13. The monoisotopic (exact) mass is 414 g/mol. The van der Waals surface area contributed by atoms with Crippen LogP contribution in [0.1, 0.15) is 23.1 Å². The zero-order chi connectivity index (χ0) is 19.7. The number of aryl methyl sites for hydroxylation is 1. The number of benzene rings is 2. The van der Waals surface area contributed by atoms with E-state index in [1.54, 1.807) is 33.8 Å². The summed E-state index contributed by atoms with van der Waals surface area (Å²) in [7, 11) is -3.50. The fourth-order valence-electron chi connectivity index (χ4n) is 3.29. The molecule has 0 amide bonds. The number of nitrogens with zero attached hydrogens (tertiary/aromatic N) is 2. The maximum atomic E-state index is 13.0. The van der Waals surface area contributed by atoms with Crippen molar-refractivity contribution in [3.05, 3.63) is 64.7 Å². The SMILES string of the molecule is CCOc1ccc(-c2nc3c(s2)CN(S(=O)(=O)c2cccc(C)c2)CC3)cc1. The molecule has 7 heteroatoms. The Bertz CT molecular complexity index is 1090. The maximum absolute atomic E-state index is 13.0. The van der Waals surface area contributed by atoms with Gasteiger partial charge >= 0.3 is 0 Å². The Labute approximate surface area is 169 Å². The number of sulfonamides is 1. The number of fused-ring (bicyclic) bond motifs is 1. The molecule has 146 valence electrons. The summed E-state index contributed by atoms with van der Waals surface area (Å²) >= 11 is 1.57. The smallest absolute Gasteiger partial charge is 0.243 e. The molecule has 1 aliphatic heterocycles. The topological polar surface area (TPSA) is 59.5 Å². The minimum Gasteiger partial charge on any atom is -0.494 e. The lowest BCUT2D eigenvalue weighted by Gasteiger charge is -2.25. The van der Waals surface area contributed by atoms with Gasteiger partial charge in [-0.2, -0.15) is 4.31 Å². The van der Waals surface area contributed by atoms with Crippen molar-refractivity contribution in [2.75, 3.05) is 13.2 Å². The first-order chi connectivity index (χ1) is 13.5. The average Bonchev–Trinajstić information content (AvgIpc) is 3.12. The second-order valence-electron chi connectivity index (χ2n) is 6.75. The van der Waals surface area contributed by atoms with Gasteiger partial charge in [-0.1, -0.05) is 12.1 Å². The number of rotatable bonds is 5. The highest BCUT2D eigenvalue weighted by atomic mass is 32.2. The minimum absolute atomic E-state index is 0.354. The van der Waals surface area contributed by atoms with E-state index in [4.69, 9.17) is 9.72 Å². The molecule has 5 nitrogen and oxygen atoms in total. The van der Waals surface area contributed by atoms with Crippen molar-refractivity contribution in [1.29, 1.82) is 0 Å². The van der Waals surface area contributed by atoms with E-state index < -0.39 is 10.0 Å². The summed E-state index contributed by atoms with van der Waals surface area (Å²) in [5.74, 6) is 0.836. The van der Waals surface area contributed by atoms with Crippen molar-refractivity contribution in [2.24, 2.45) is 0 Å². The molecule has 0 atom stereocenters. The molecule has 0 radical (unpaired) electrons. The van der Waals surface area contributed by atoms with E-state index in [1.165, 1.54) is 0 Å². The molecule has 2 heterocycles. The third kappa shape index (κ3) is 3.70. The summed E-state index contributed by atoms with van der Waals surface area (Å²) in [5.41, 5.74) is 2.97. The van der Waals surface area contributed by atoms with Crippen LogP contribution in [0.25, 0.3) is 10.6 Å². The van der Waals surface area contributed by atoms with Gasteiger partial charge in [0.25, 0.3) is 0 Å². The van der Waals surface area contributed by atoms with Gasteiger partial charge in [-0.15, -0.1) is 11.3 Å². The van der Waals surface area contributed by atoms with Crippen molar-refractivity contribution in [2.45, 2.75) is 31.7 Å². The van der Waals surface area contributed by atoms with Crippen molar-refractivity contribution in [3.8, 4) is 16.3 Å². The molecule has 0 spiro atoms. The third-order valence-corrected chi connectivity index (χ3v) is 7.71. The van der Waals surface area contributed by atoms with Crippen LogP contribution in [0.4, 0.5) is 0 Å². The van der Waals surface area contributed by atoms with Crippen LogP contribution in [-0.4, -0.2) is 30.9 Å². The second kappa shape index (κ2) is 7.66. The molecule has 0 saturated heterocycles. The largest absolute Gasteiger partial charge is 0.494 e. The van der Waals surface area contributed by atoms with Crippen LogP contribution in [0.15, 0.2) is 53.4 Å². The normalized spacial score (nSPS) is 14.6. The first kappa shape index (κ1) is 19.1. The predicted octanol–water partition coefficient (Wildman–Crippen LogP) is 4.26. The highest BCUT2D eigenvalue weighted by Gasteiger charge is 2.30. The molecule has 0 bridgehead atoms. The number of aromatic nitrogens is 1. The molecular weight excluding hydrogens is 392 g/mol. The molecule has 0 N–H and O–H groups in total. The first-order valence-corrected chi connectivity index (χ1v) is 11.5. The predicted molar refractivity (Wildman–Crippen MR) is 111 cm³/mol. The van der Waals surface area contributed by atoms with Crippen molar-refractivity contribution >= 4 is 21.4 Å². The van der Waals surface area contributed by atoms with Crippen molar-refractivity contribution < 1.29 is 13.2 Å². The molecule has 1 aromatic heterocycles. The highest BCUT2D eigenvalue weighted by molar-refractivity contribution is 7.89. The summed E-state index contributed by atoms with van der Waals surface area (Å²) in [6, 6.07) is 14.9. The van der Waals surface area contributed by atoms with Crippen LogP contribution in [-0.2, 0) is 23.0 Å². The maximum Gasteiger partial charge on any atom is 0.243 e. The Morgan fingerprint density at radius 2 is 1.96 bits per heavy atom. The molecule has 0 unspecified atom stereocenters. The van der Waals surface area contributed by atoms with Gasteiger partial charge in [0.05, 0.1) is 23.7 Å².